The van der Waals surface area contributed by atoms with Crippen LogP contribution in [0.4, 0.5) is 0 Å². The highest BCUT2D eigenvalue weighted by molar-refractivity contribution is 5.92. The Labute approximate surface area is 231 Å². The number of nitrogens with zero attached hydrogens (tertiary/aromatic N) is 7. The van der Waals surface area contributed by atoms with Crippen LogP contribution in [0.5, 0.6) is 5.88 Å². The third kappa shape index (κ3) is 4.97. The molecule has 0 saturated heterocycles. The van der Waals surface area contributed by atoms with E-state index in [1.165, 1.54) is 0 Å². The first kappa shape index (κ1) is 25.8. The molecule has 204 valence electrons. The van der Waals surface area contributed by atoms with Gasteiger partial charge < -0.3 is 9.67 Å². The van der Waals surface area contributed by atoms with Gasteiger partial charge in [0.25, 0.3) is 5.88 Å². The molecule has 2 aromatic carbocycles. The lowest BCUT2D eigenvalue weighted by molar-refractivity contribution is -0.121. The first-order valence-electron chi connectivity index (χ1n) is 13.7. The average Bonchev–Trinajstić information content (AvgIpc) is 3.59. The Kier molecular flexibility index (Phi) is 6.61. The highest BCUT2D eigenvalue weighted by Gasteiger charge is 2.31. The molecule has 1 aliphatic carbocycles. The van der Waals surface area contributed by atoms with Crippen LogP contribution in [0.1, 0.15) is 69.5 Å². The van der Waals surface area contributed by atoms with Crippen molar-refractivity contribution in [2.24, 2.45) is 5.41 Å². The number of aromatic hydroxyl groups is 1. The average molecular weight is 537 g/mol. The SMILES string of the molecule is CC(C)(C)Cc1nc2c(C3CCCCC3=O)nnc(O)c2n1Cc1ccc(-c2ccccc2-c2nnn[nH]2)cc1. The highest BCUT2D eigenvalue weighted by atomic mass is 16.3. The minimum Gasteiger partial charge on any atom is -0.491 e. The van der Waals surface area contributed by atoms with E-state index in [4.69, 9.17) is 4.98 Å². The third-order valence-corrected chi connectivity index (χ3v) is 7.46. The number of hydrogen-bond acceptors (Lipinski definition) is 8. The van der Waals surface area contributed by atoms with Gasteiger partial charge in [0.1, 0.15) is 28.3 Å². The zero-order chi connectivity index (χ0) is 27.9. The molecule has 3 heterocycles. The second-order valence-corrected chi connectivity index (χ2v) is 11.7. The second kappa shape index (κ2) is 10.3. The number of benzene rings is 2. The molecule has 0 amide bonds. The van der Waals surface area contributed by atoms with E-state index in [-0.39, 0.29) is 23.0 Å². The first-order valence-corrected chi connectivity index (χ1v) is 13.7. The lowest BCUT2D eigenvalue weighted by Crippen LogP contribution is -2.19. The number of nitrogens with one attached hydrogen (secondary N) is 1. The van der Waals surface area contributed by atoms with Gasteiger partial charge in [0.15, 0.2) is 5.82 Å². The van der Waals surface area contributed by atoms with E-state index in [0.29, 0.717) is 41.9 Å². The summed E-state index contributed by atoms with van der Waals surface area (Å²) >= 11 is 0. The topological polar surface area (TPSA) is 135 Å². The Hall–Kier alpha value is -4.47. The molecule has 10 heteroatoms. The van der Waals surface area contributed by atoms with Gasteiger partial charge in [0, 0.05) is 24.9 Å². The van der Waals surface area contributed by atoms with Crippen LogP contribution in [0, 0.1) is 5.41 Å². The molecule has 0 bridgehead atoms. The molecule has 10 nitrogen and oxygen atoms in total. The maximum atomic E-state index is 12.8. The van der Waals surface area contributed by atoms with Crippen molar-refractivity contribution in [1.29, 1.82) is 0 Å². The lowest BCUT2D eigenvalue weighted by Gasteiger charge is -2.19. The van der Waals surface area contributed by atoms with Crippen LogP contribution in [0.25, 0.3) is 33.5 Å². The van der Waals surface area contributed by atoms with Crippen LogP contribution in [-0.2, 0) is 17.8 Å². The minimum atomic E-state index is -0.325. The van der Waals surface area contributed by atoms with Crippen molar-refractivity contribution >= 4 is 16.8 Å². The zero-order valence-corrected chi connectivity index (χ0v) is 22.9. The van der Waals surface area contributed by atoms with Crippen LogP contribution < -0.4 is 0 Å². The molecular weight excluding hydrogens is 504 g/mol. The summed E-state index contributed by atoms with van der Waals surface area (Å²) < 4.78 is 2.03. The smallest absolute Gasteiger partial charge is 0.257 e. The Morgan fingerprint density at radius 3 is 2.48 bits per heavy atom. The minimum absolute atomic E-state index is 0.0421. The van der Waals surface area contributed by atoms with Gasteiger partial charge in [-0.3, -0.25) is 4.79 Å². The number of Topliss-reactive ketones (excluding diaryl/α,β-unsaturated/α-hetero) is 1. The third-order valence-electron chi connectivity index (χ3n) is 7.46. The Morgan fingerprint density at radius 1 is 1.00 bits per heavy atom. The first-order chi connectivity index (χ1) is 19.3. The molecule has 6 rings (SSSR count). The van der Waals surface area contributed by atoms with E-state index in [1.807, 2.05) is 28.8 Å². The number of ketones is 1. The number of aromatic nitrogens is 8. The van der Waals surface area contributed by atoms with Crippen LogP contribution in [-0.4, -0.2) is 51.3 Å². The molecule has 0 radical (unpaired) electrons. The van der Waals surface area contributed by atoms with Gasteiger partial charge in [-0.25, -0.2) is 10.1 Å². The summed E-state index contributed by atoms with van der Waals surface area (Å²) in [5.41, 5.74) is 5.68. The fourth-order valence-corrected chi connectivity index (χ4v) is 5.57. The summed E-state index contributed by atoms with van der Waals surface area (Å²) in [5.74, 6) is 1.14. The molecule has 1 saturated carbocycles. The molecule has 1 aliphatic rings. The number of carbonyl (C=O) groups excluding carboxylic acids is 1. The van der Waals surface area contributed by atoms with Crippen molar-refractivity contribution < 1.29 is 9.90 Å². The second-order valence-electron chi connectivity index (χ2n) is 11.7. The number of rotatable bonds is 6. The Bertz CT molecular complexity index is 1670. The fourth-order valence-electron chi connectivity index (χ4n) is 5.57. The van der Waals surface area contributed by atoms with E-state index >= 15 is 0 Å². The van der Waals surface area contributed by atoms with Crippen LogP contribution in [0.15, 0.2) is 48.5 Å². The van der Waals surface area contributed by atoms with Crippen molar-refractivity contribution in [3.63, 3.8) is 0 Å². The quantitative estimate of drug-likeness (QED) is 0.301. The lowest BCUT2D eigenvalue weighted by atomic mass is 9.85. The Morgan fingerprint density at radius 2 is 1.77 bits per heavy atom. The van der Waals surface area contributed by atoms with Crippen molar-refractivity contribution in [2.75, 3.05) is 0 Å². The number of aromatic amines is 1. The van der Waals surface area contributed by atoms with E-state index in [1.54, 1.807) is 0 Å². The normalized spacial score (nSPS) is 16.1. The van der Waals surface area contributed by atoms with E-state index in [0.717, 1.165) is 47.3 Å². The molecular formula is C30H32N8O2. The summed E-state index contributed by atoms with van der Waals surface area (Å²) in [7, 11) is 0. The summed E-state index contributed by atoms with van der Waals surface area (Å²) in [4.78, 5) is 17.8. The zero-order valence-electron chi connectivity index (χ0n) is 22.9. The standard InChI is InChI=1S/C30H32N8O2/c1-30(2,3)16-24-31-26-25(22-10-6-7-11-23(22)39)32-35-29(40)27(26)38(24)17-18-12-14-19(15-13-18)20-8-4-5-9-21(20)28-33-36-37-34-28/h4-5,8-9,12-15,22H,6-7,10-11,16-17H2,1-3H3,(H,35,40)(H,33,34,36,37). The van der Waals surface area contributed by atoms with Crippen LogP contribution in [0.3, 0.4) is 0 Å². The molecule has 1 unspecified atom stereocenters. The van der Waals surface area contributed by atoms with E-state index in [9.17, 15) is 9.90 Å². The molecule has 0 spiro atoms. The van der Waals surface area contributed by atoms with Crippen molar-refractivity contribution in [3.05, 3.63) is 65.6 Å². The summed E-state index contributed by atoms with van der Waals surface area (Å²) in [5, 5.41) is 33.7. The van der Waals surface area contributed by atoms with Crippen molar-refractivity contribution in [3.8, 4) is 28.4 Å². The molecule has 3 aromatic heterocycles. The maximum absolute atomic E-state index is 12.8. The largest absolute Gasteiger partial charge is 0.491 e. The van der Waals surface area contributed by atoms with Gasteiger partial charge >= 0.3 is 0 Å². The molecule has 2 N–H and O–H groups in total. The van der Waals surface area contributed by atoms with Gasteiger partial charge in [0.05, 0.1) is 5.92 Å². The molecule has 1 fully saturated rings. The number of tetrazole rings is 1. The predicted octanol–water partition coefficient (Wildman–Crippen LogP) is 5.24. The van der Waals surface area contributed by atoms with Gasteiger partial charge in [-0.15, -0.1) is 15.3 Å². The number of fused-ring (bicyclic) bond motifs is 1. The highest BCUT2D eigenvalue weighted by Crippen LogP contribution is 2.36. The van der Waals surface area contributed by atoms with Crippen LogP contribution >= 0.6 is 0 Å². The van der Waals surface area contributed by atoms with Gasteiger partial charge in [-0.2, -0.15) is 0 Å². The van der Waals surface area contributed by atoms with Crippen molar-refractivity contribution in [2.45, 2.75) is 65.3 Å². The van der Waals surface area contributed by atoms with E-state index in [2.05, 4.69) is 75.9 Å². The summed E-state index contributed by atoms with van der Waals surface area (Å²) in [6.45, 7) is 6.98. The van der Waals surface area contributed by atoms with E-state index < -0.39 is 0 Å². The number of hydrogen-bond donors (Lipinski definition) is 2. The fraction of sp³-hybridized carbons (Fsp3) is 0.367. The van der Waals surface area contributed by atoms with Gasteiger partial charge in [0.2, 0.25) is 0 Å². The monoisotopic (exact) mass is 536 g/mol. The maximum Gasteiger partial charge on any atom is 0.257 e. The van der Waals surface area contributed by atoms with Gasteiger partial charge in [-0.1, -0.05) is 75.7 Å². The molecule has 0 aliphatic heterocycles. The Balaban J connectivity index is 1.40. The molecule has 40 heavy (non-hydrogen) atoms. The summed E-state index contributed by atoms with van der Waals surface area (Å²) in [6.07, 6.45) is 3.85. The number of imidazole rings is 1. The molecule has 1 atom stereocenters. The number of carbonyl (C=O) groups is 1. The van der Waals surface area contributed by atoms with Crippen molar-refractivity contribution in [1.82, 2.24) is 40.4 Å². The van der Waals surface area contributed by atoms with Crippen LogP contribution in [0.2, 0.25) is 0 Å². The van der Waals surface area contributed by atoms with Gasteiger partial charge in [-0.05, 0) is 45.4 Å². The molecule has 5 aromatic rings. The predicted molar refractivity (Wildman–Crippen MR) is 151 cm³/mol. The number of H-pyrrole nitrogens is 1. The summed E-state index contributed by atoms with van der Waals surface area (Å²) in [6, 6.07) is 16.3.